The second-order valence-electron chi connectivity index (χ2n) is 2.87. The van der Waals surface area contributed by atoms with Crippen LogP contribution in [0.5, 0.6) is 0 Å². The van der Waals surface area contributed by atoms with Crippen molar-refractivity contribution in [3.05, 3.63) is 29.8 Å². The maximum Gasteiger partial charge on any atom is 0.239 e. The van der Waals surface area contributed by atoms with Crippen molar-refractivity contribution >= 4 is 5.95 Å². The largest absolute Gasteiger partial charge is 0.366 e. The van der Waals surface area contributed by atoms with Crippen molar-refractivity contribution < 1.29 is 4.39 Å². The number of anilines is 1. The number of aromatic nitrogens is 3. The van der Waals surface area contributed by atoms with E-state index in [-0.39, 0.29) is 5.95 Å². The molecule has 0 unspecified atom stereocenters. The standard InChI is InChI=1S/C9H9FN4/c10-5-6-1-3-7(4-2-6)8-12-9(11)14-13-8/h1-4H,5H2,(H3,11,12,13,14). The van der Waals surface area contributed by atoms with Gasteiger partial charge in [-0.1, -0.05) is 24.3 Å². The topological polar surface area (TPSA) is 67.6 Å². The number of nitrogen functional groups attached to an aromatic ring is 1. The lowest BCUT2D eigenvalue weighted by Crippen LogP contribution is -1.85. The molecule has 0 amide bonds. The fraction of sp³-hybridized carbons (Fsp3) is 0.111. The number of benzene rings is 1. The molecular formula is C9H9FN4. The number of nitrogens with one attached hydrogen (secondary N) is 1. The number of hydrogen-bond donors (Lipinski definition) is 2. The molecule has 72 valence electrons. The van der Waals surface area contributed by atoms with Crippen LogP contribution >= 0.6 is 0 Å². The molecule has 3 N–H and O–H groups in total. The van der Waals surface area contributed by atoms with E-state index in [9.17, 15) is 4.39 Å². The van der Waals surface area contributed by atoms with Crippen LogP contribution in [0, 0.1) is 0 Å². The molecule has 0 saturated heterocycles. The highest BCUT2D eigenvalue weighted by atomic mass is 19.1. The van der Waals surface area contributed by atoms with Crippen LogP contribution in [0.3, 0.4) is 0 Å². The molecule has 0 fully saturated rings. The first-order chi connectivity index (χ1) is 6.79. The summed E-state index contributed by atoms with van der Waals surface area (Å²) in [5.74, 6) is 0.794. The second-order valence-corrected chi connectivity index (χ2v) is 2.87. The lowest BCUT2D eigenvalue weighted by Gasteiger charge is -1.96. The van der Waals surface area contributed by atoms with Crippen molar-refractivity contribution in [2.75, 3.05) is 5.73 Å². The molecule has 1 aromatic heterocycles. The minimum atomic E-state index is -0.460. The Balaban J connectivity index is 2.33. The van der Waals surface area contributed by atoms with Crippen molar-refractivity contribution in [3.63, 3.8) is 0 Å². The van der Waals surface area contributed by atoms with E-state index in [1.807, 2.05) is 0 Å². The highest BCUT2D eigenvalue weighted by molar-refractivity contribution is 5.56. The summed E-state index contributed by atoms with van der Waals surface area (Å²) < 4.78 is 12.2. The molecule has 4 nitrogen and oxygen atoms in total. The van der Waals surface area contributed by atoms with Crippen LogP contribution in [-0.2, 0) is 6.67 Å². The Labute approximate surface area is 80.0 Å². The Hall–Kier alpha value is -1.91. The molecule has 0 aliphatic carbocycles. The van der Waals surface area contributed by atoms with Crippen LogP contribution in [0.25, 0.3) is 11.4 Å². The summed E-state index contributed by atoms with van der Waals surface area (Å²) in [5.41, 5.74) is 6.84. The minimum absolute atomic E-state index is 0.203. The molecule has 0 saturated carbocycles. The van der Waals surface area contributed by atoms with Gasteiger partial charge in [-0.05, 0) is 5.56 Å². The molecule has 1 aromatic carbocycles. The van der Waals surface area contributed by atoms with Gasteiger partial charge in [-0.15, -0.1) is 5.10 Å². The molecule has 2 aromatic rings. The van der Waals surface area contributed by atoms with Gasteiger partial charge in [0.05, 0.1) is 0 Å². The zero-order chi connectivity index (χ0) is 9.97. The summed E-state index contributed by atoms with van der Waals surface area (Å²) in [6.45, 7) is -0.460. The van der Waals surface area contributed by atoms with E-state index in [1.54, 1.807) is 24.3 Å². The predicted molar refractivity (Wildman–Crippen MR) is 51.0 cm³/mol. The second kappa shape index (κ2) is 3.45. The van der Waals surface area contributed by atoms with Crippen LogP contribution in [0.2, 0.25) is 0 Å². The number of nitrogens with two attached hydrogens (primary N) is 1. The van der Waals surface area contributed by atoms with E-state index in [0.717, 1.165) is 5.56 Å². The number of alkyl halides is 1. The highest BCUT2D eigenvalue weighted by Crippen LogP contribution is 2.16. The molecule has 14 heavy (non-hydrogen) atoms. The van der Waals surface area contributed by atoms with Gasteiger partial charge in [0.1, 0.15) is 6.67 Å². The summed E-state index contributed by atoms with van der Waals surface area (Å²) in [6, 6.07) is 6.95. The van der Waals surface area contributed by atoms with Crippen LogP contribution in [0.15, 0.2) is 24.3 Å². The first-order valence-corrected chi connectivity index (χ1v) is 4.13. The van der Waals surface area contributed by atoms with E-state index in [2.05, 4.69) is 15.2 Å². The summed E-state index contributed by atoms with van der Waals surface area (Å²) >= 11 is 0. The Morgan fingerprint density at radius 2 is 2.00 bits per heavy atom. The number of nitrogens with zero attached hydrogens (tertiary/aromatic N) is 2. The zero-order valence-corrected chi connectivity index (χ0v) is 7.37. The number of hydrogen-bond acceptors (Lipinski definition) is 3. The lowest BCUT2D eigenvalue weighted by atomic mass is 10.1. The Morgan fingerprint density at radius 3 is 2.50 bits per heavy atom. The summed E-state index contributed by atoms with van der Waals surface area (Å²) in [7, 11) is 0. The SMILES string of the molecule is Nc1n[nH]c(-c2ccc(CF)cc2)n1. The van der Waals surface area contributed by atoms with Gasteiger partial charge in [-0.25, -0.2) is 4.39 Å². The molecule has 2 rings (SSSR count). The van der Waals surface area contributed by atoms with Crippen molar-refractivity contribution in [1.82, 2.24) is 15.2 Å². The van der Waals surface area contributed by atoms with Crippen LogP contribution in [0.4, 0.5) is 10.3 Å². The first-order valence-electron chi connectivity index (χ1n) is 4.13. The Bertz CT molecular complexity index is 421. The quantitative estimate of drug-likeness (QED) is 0.758. The smallest absolute Gasteiger partial charge is 0.239 e. The normalized spacial score (nSPS) is 10.4. The molecule has 0 aliphatic rings. The summed E-state index contributed by atoms with van der Waals surface area (Å²) in [6.07, 6.45) is 0. The van der Waals surface area contributed by atoms with Crippen molar-refractivity contribution in [1.29, 1.82) is 0 Å². The Morgan fingerprint density at radius 1 is 1.29 bits per heavy atom. The zero-order valence-electron chi connectivity index (χ0n) is 7.37. The van der Waals surface area contributed by atoms with E-state index >= 15 is 0 Å². The average Bonchev–Trinajstić information content (AvgIpc) is 2.65. The third kappa shape index (κ3) is 1.56. The van der Waals surface area contributed by atoms with E-state index in [0.29, 0.717) is 11.4 Å². The Kier molecular flexibility index (Phi) is 2.14. The molecule has 5 heteroatoms. The molecule has 0 radical (unpaired) electrons. The van der Waals surface area contributed by atoms with Gasteiger partial charge in [-0.3, -0.25) is 5.10 Å². The fourth-order valence-electron chi connectivity index (χ4n) is 1.16. The van der Waals surface area contributed by atoms with Crippen LogP contribution in [0.1, 0.15) is 5.56 Å². The highest BCUT2D eigenvalue weighted by Gasteiger charge is 2.02. The molecule has 0 aliphatic heterocycles. The number of rotatable bonds is 2. The average molecular weight is 192 g/mol. The number of halogens is 1. The van der Waals surface area contributed by atoms with Gasteiger partial charge in [0, 0.05) is 5.56 Å². The van der Waals surface area contributed by atoms with Crippen molar-refractivity contribution in [3.8, 4) is 11.4 Å². The van der Waals surface area contributed by atoms with Gasteiger partial charge in [0.15, 0.2) is 5.82 Å². The minimum Gasteiger partial charge on any atom is -0.366 e. The maximum absolute atomic E-state index is 12.2. The number of aromatic amines is 1. The van der Waals surface area contributed by atoms with Gasteiger partial charge in [0.2, 0.25) is 5.95 Å². The fourth-order valence-corrected chi connectivity index (χ4v) is 1.16. The third-order valence-electron chi connectivity index (χ3n) is 1.88. The van der Waals surface area contributed by atoms with Crippen molar-refractivity contribution in [2.24, 2.45) is 0 Å². The molecular weight excluding hydrogens is 183 g/mol. The predicted octanol–water partition coefficient (Wildman–Crippen LogP) is 1.52. The maximum atomic E-state index is 12.2. The molecule has 1 heterocycles. The van der Waals surface area contributed by atoms with E-state index in [1.165, 1.54) is 0 Å². The van der Waals surface area contributed by atoms with Crippen molar-refractivity contribution in [2.45, 2.75) is 6.67 Å². The van der Waals surface area contributed by atoms with E-state index < -0.39 is 6.67 Å². The van der Waals surface area contributed by atoms with Gasteiger partial charge >= 0.3 is 0 Å². The van der Waals surface area contributed by atoms with Gasteiger partial charge in [0.25, 0.3) is 0 Å². The van der Waals surface area contributed by atoms with Crippen LogP contribution in [-0.4, -0.2) is 15.2 Å². The van der Waals surface area contributed by atoms with Gasteiger partial charge in [-0.2, -0.15) is 4.98 Å². The molecule has 0 atom stereocenters. The lowest BCUT2D eigenvalue weighted by molar-refractivity contribution is 0.485. The molecule has 0 spiro atoms. The number of H-pyrrole nitrogens is 1. The summed E-state index contributed by atoms with van der Waals surface area (Å²) in [5, 5.41) is 6.38. The third-order valence-corrected chi connectivity index (χ3v) is 1.88. The first kappa shape index (κ1) is 8.68. The van der Waals surface area contributed by atoms with Gasteiger partial charge < -0.3 is 5.73 Å². The summed E-state index contributed by atoms with van der Waals surface area (Å²) in [4.78, 5) is 3.95. The monoisotopic (exact) mass is 192 g/mol. The molecule has 0 bridgehead atoms. The van der Waals surface area contributed by atoms with E-state index in [4.69, 9.17) is 5.73 Å². The van der Waals surface area contributed by atoms with Crippen LogP contribution < -0.4 is 5.73 Å².